The van der Waals surface area contributed by atoms with Gasteiger partial charge in [0.15, 0.2) is 12.2 Å². The Kier molecular flexibility index (Phi) is 14.1. The van der Waals surface area contributed by atoms with E-state index in [1.54, 1.807) is 13.8 Å². The molecule has 0 amide bonds. The molecular formula is C13H26O6. The van der Waals surface area contributed by atoms with Crippen molar-refractivity contribution in [2.24, 2.45) is 0 Å². The van der Waals surface area contributed by atoms with Crippen molar-refractivity contribution in [1.82, 2.24) is 0 Å². The minimum atomic E-state index is -0.438. The van der Waals surface area contributed by atoms with E-state index in [2.05, 4.69) is 4.74 Å². The summed E-state index contributed by atoms with van der Waals surface area (Å²) in [5.74, 6) is -0.610. The summed E-state index contributed by atoms with van der Waals surface area (Å²) in [4.78, 5) is 21.3. The normalized spacial score (nSPS) is 12.7. The summed E-state index contributed by atoms with van der Waals surface area (Å²) in [7, 11) is 2.83. The van der Waals surface area contributed by atoms with Crippen LogP contribution < -0.4 is 0 Å². The highest BCUT2D eigenvalue weighted by atomic mass is 16.6. The van der Waals surface area contributed by atoms with Gasteiger partial charge in [0.05, 0.1) is 13.7 Å². The molecule has 114 valence electrons. The molecule has 0 radical (unpaired) electrons. The smallest absolute Gasteiger partial charge is 0.334 e. The summed E-state index contributed by atoms with van der Waals surface area (Å²) in [5.41, 5.74) is 0. The Morgan fingerprint density at radius 1 is 1.00 bits per heavy atom. The lowest BCUT2D eigenvalue weighted by atomic mass is 10.4. The predicted molar refractivity (Wildman–Crippen MR) is 70.8 cm³/mol. The van der Waals surface area contributed by atoms with Gasteiger partial charge in [0.2, 0.25) is 0 Å². The first kappa shape index (κ1) is 20.2. The van der Waals surface area contributed by atoms with Gasteiger partial charge in [0.25, 0.3) is 0 Å². The summed E-state index contributed by atoms with van der Waals surface area (Å²) in [6.07, 6.45) is -0.0196. The van der Waals surface area contributed by atoms with Crippen molar-refractivity contribution in [2.45, 2.75) is 46.3 Å². The van der Waals surface area contributed by atoms with Gasteiger partial charge in [0.1, 0.15) is 0 Å². The van der Waals surface area contributed by atoms with Crippen LogP contribution in [0.4, 0.5) is 0 Å². The molecule has 0 saturated carbocycles. The summed E-state index contributed by atoms with van der Waals surface area (Å²) < 4.78 is 18.8. The highest BCUT2D eigenvalue weighted by Crippen LogP contribution is 1.92. The van der Waals surface area contributed by atoms with Gasteiger partial charge < -0.3 is 18.9 Å². The molecule has 0 rings (SSSR count). The molecule has 0 N–H and O–H groups in total. The zero-order valence-electron chi connectivity index (χ0n) is 12.7. The number of esters is 2. The molecule has 2 unspecified atom stereocenters. The van der Waals surface area contributed by atoms with E-state index in [1.165, 1.54) is 14.2 Å². The van der Waals surface area contributed by atoms with Gasteiger partial charge in [0, 0.05) is 13.7 Å². The topological polar surface area (TPSA) is 71.1 Å². The molecule has 0 fully saturated rings. The van der Waals surface area contributed by atoms with Crippen molar-refractivity contribution in [3.63, 3.8) is 0 Å². The molecule has 0 aliphatic carbocycles. The monoisotopic (exact) mass is 278 g/mol. The van der Waals surface area contributed by atoms with E-state index >= 15 is 0 Å². The summed E-state index contributed by atoms with van der Waals surface area (Å²) >= 11 is 0. The van der Waals surface area contributed by atoms with Crippen LogP contribution in [-0.4, -0.2) is 51.6 Å². The highest BCUT2D eigenvalue weighted by Gasteiger charge is 2.11. The quantitative estimate of drug-likeness (QED) is 0.658. The fraction of sp³-hybridized carbons (Fsp3) is 0.846. The van der Waals surface area contributed by atoms with Crippen molar-refractivity contribution in [1.29, 1.82) is 0 Å². The molecule has 0 aromatic carbocycles. The molecule has 0 aromatic rings. The van der Waals surface area contributed by atoms with Gasteiger partial charge in [-0.3, -0.25) is 0 Å². The first-order valence-electron chi connectivity index (χ1n) is 6.33. The second-order valence-electron chi connectivity index (χ2n) is 3.67. The second-order valence-corrected chi connectivity index (χ2v) is 3.67. The Morgan fingerprint density at radius 2 is 1.58 bits per heavy atom. The van der Waals surface area contributed by atoms with Gasteiger partial charge in [-0.1, -0.05) is 6.92 Å². The number of carbonyl (C=O) groups excluding carboxylic acids is 2. The Morgan fingerprint density at radius 3 is 1.95 bits per heavy atom. The van der Waals surface area contributed by atoms with Gasteiger partial charge in [-0.25, -0.2) is 9.59 Å². The van der Waals surface area contributed by atoms with Crippen LogP contribution in [0.1, 0.15) is 34.1 Å². The van der Waals surface area contributed by atoms with E-state index in [9.17, 15) is 9.59 Å². The molecule has 19 heavy (non-hydrogen) atoms. The molecule has 0 saturated heterocycles. The molecule has 0 aliphatic rings. The first-order valence-corrected chi connectivity index (χ1v) is 6.33. The predicted octanol–water partition coefficient (Wildman–Crippen LogP) is 1.56. The van der Waals surface area contributed by atoms with Crippen LogP contribution in [0.2, 0.25) is 0 Å². The fourth-order valence-electron chi connectivity index (χ4n) is 0.900. The van der Waals surface area contributed by atoms with E-state index in [1.807, 2.05) is 13.8 Å². The Labute approximate surface area is 115 Å². The van der Waals surface area contributed by atoms with Crippen LogP contribution >= 0.6 is 0 Å². The van der Waals surface area contributed by atoms with E-state index in [4.69, 9.17) is 14.2 Å². The third-order valence-corrected chi connectivity index (χ3v) is 2.08. The molecule has 6 nitrogen and oxygen atoms in total. The minimum Gasteiger partial charge on any atom is -0.467 e. The Balaban J connectivity index is 0. The van der Waals surface area contributed by atoms with Crippen LogP contribution in [0.25, 0.3) is 0 Å². The van der Waals surface area contributed by atoms with Gasteiger partial charge in [-0.15, -0.1) is 0 Å². The number of methoxy groups -OCH3 is 2. The van der Waals surface area contributed by atoms with Crippen molar-refractivity contribution in [2.75, 3.05) is 27.4 Å². The second kappa shape index (κ2) is 13.3. The molecule has 0 aromatic heterocycles. The van der Waals surface area contributed by atoms with Gasteiger partial charge >= 0.3 is 11.9 Å². The number of carbonyl (C=O) groups is 2. The summed E-state index contributed by atoms with van der Waals surface area (Å²) in [6.45, 7) is 8.13. The average Bonchev–Trinajstić information content (AvgIpc) is 2.43. The van der Waals surface area contributed by atoms with E-state index in [0.717, 1.165) is 6.42 Å². The van der Waals surface area contributed by atoms with E-state index in [-0.39, 0.29) is 11.9 Å². The third-order valence-electron chi connectivity index (χ3n) is 2.08. The molecule has 0 spiro atoms. The largest absolute Gasteiger partial charge is 0.467 e. The molecular weight excluding hydrogens is 252 g/mol. The lowest BCUT2D eigenvalue weighted by Crippen LogP contribution is -2.21. The number of hydrogen-bond donors (Lipinski definition) is 0. The van der Waals surface area contributed by atoms with Crippen LogP contribution in [0.3, 0.4) is 0 Å². The number of hydrogen-bond acceptors (Lipinski definition) is 6. The maximum Gasteiger partial charge on any atom is 0.334 e. The highest BCUT2D eigenvalue weighted by molar-refractivity contribution is 5.74. The van der Waals surface area contributed by atoms with Crippen LogP contribution in [-0.2, 0) is 28.5 Å². The molecule has 0 aliphatic heterocycles. The van der Waals surface area contributed by atoms with Gasteiger partial charge in [-0.05, 0) is 27.2 Å². The number of ether oxygens (including phenoxy) is 4. The Hall–Kier alpha value is -1.14. The first-order chi connectivity index (χ1) is 8.94. The maximum absolute atomic E-state index is 10.8. The van der Waals surface area contributed by atoms with Crippen molar-refractivity contribution < 1.29 is 28.5 Å². The van der Waals surface area contributed by atoms with E-state index < -0.39 is 12.2 Å². The van der Waals surface area contributed by atoms with E-state index in [0.29, 0.717) is 13.2 Å². The third kappa shape index (κ3) is 11.7. The number of rotatable bonds is 7. The summed E-state index contributed by atoms with van der Waals surface area (Å²) in [6, 6.07) is 0. The lowest BCUT2D eigenvalue weighted by Gasteiger charge is -2.07. The van der Waals surface area contributed by atoms with Crippen LogP contribution in [0.5, 0.6) is 0 Å². The van der Waals surface area contributed by atoms with Crippen molar-refractivity contribution >= 4 is 11.9 Å². The SMILES string of the molecule is CCCOC(=O)C(C)OC.CCOC(C)C(=O)OC. The lowest BCUT2D eigenvalue weighted by molar-refractivity contribution is -0.154. The fourth-order valence-corrected chi connectivity index (χ4v) is 0.900. The van der Waals surface area contributed by atoms with Crippen LogP contribution in [0.15, 0.2) is 0 Å². The Bertz CT molecular complexity index is 241. The van der Waals surface area contributed by atoms with Crippen LogP contribution in [0, 0.1) is 0 Å². The zero-order valence-corrected chi connectivity index (χ0v) is 12.7. The molecule has 0 heterocycles. The van der Waals surface area contributed by atoms with Gasteiger partial charge in [-0.2, -0.15) is 0 Å². The molecule has 2 atom stereocenters. The molecule has 0 bridgehead atoms. The van der Waals surface area contributed by atoms with Crippen molar-refractivity contribution in [3.8, 4) is 0 Å². The molecule has 6 heteroatoms. The average molecular weight is 278 g/mol. The standard InChI is InChI=1S/C7H14O3.C6H12O3/c1-4-5-10-7(8)6(2)9-3;1-4-9-5(2)6(7)8-3/h6H,4-5H2,1-3H3;5H,4H2,1-3H3. The minimum absolute atomic E-state index is 0.288. The zero-order chi connectivity index (χ0) is 15.3. The summed E-state index contributed by atoms with van der Waals surface area (Å²) in [5, 5.41) is 0. The maximum atomic E-state index is 10.8. The van der Waals surface area contributed by atoms with Crippen molar-refractivity contribution in [3.05, 3.63) is 0 Å².